The molecule has 0 bridgehead atoms. The molecule has 140 valence electrons. The lowest BCUT2D eigenvalue weighted by Crippen LogP contribution is -2.25. The highest BCUT2D eigenvalue weighted by Gasteiger charge is 2.18. The lowest BCUT2D eigenvalue weighted by molar-refractivity contribution is 0.0939. The predicted octanol–water partition coefficient (Wildman–Crippen LogP) is 3.62. The van der Waals surface area contributed by atoms with E-state index in [1.165, 1.54) is 0 Å². The summed E-state index contributed by atoms with van der Waals surface area (Å²) in [4.78, 5) is 25.5. The number of ether oxygens (including phenoxy) is 2. The summed E-state index contributed by atoms with van der Waals surface area (Å²) in [5.41, 5.74) is 2.18. The van der Waals surface area contributed by atoms with Crippen LogP contribution >= 0.6 is 0 Å². The van der Waals surface area contributed by atoms with Gasteiger partial charge < -0.3 is 14.8 Å². The molecule has 1 heterocycles. The smallest absolute Gasteiger partial charge is 0.252 e. The van der Waals surface area contributed by atoms with Crippen molar-refractivity contribution in [3.63, 3.8) is 0 Å². The number of carbonyl (C=O) groups is 2. The van der Waals surface area contributed by atoms with Gasteiger partial charge in [-0.15, -0.1) is 0 Å². The lowest BCUT2D eigenvalue weighted by atomic mass is 9.98. The van der Waals surface area contributed by atoms with Gasteiger partial charge >= 0.3 is 0 Å². The summed E-state index contributed by atoms with van der Waals surface area (Å²) in [6, 6.07) is 21.4. The summed E-state index contributed by atoms with van der Waals surface area (Å²) in [6.07, 6.45) is 0. The van der Waals surface area contributed by atoms with Crippen LogP contribution in [0.3, 0.4) is 0 Å². The molecule has 0 saturated carbocycles. The molecule has 3 aromatic rings. The van der Waals surface area contributed by atoms with Crippen LogP contribution in [0.25, 0.3) is 0 Å². The molecule has 0 atom stereocenters. The monoisotopic (exact) mass is 373 g/mol. The normalized spacial score (nSPS) is 12.3. The average Bonchev–Trinajstić information content (AvgIpc) is 2.77. The summed E-state index contributed by atoms with van der Waals surface area (Å²) in [5.74, 6) is 0.915. The Kier molecular flexibility index (Phi) is 5.06. The van der Waals surface area contributed by atoms with E-state index in [2.05, 4.69) is 5.32 Å². The maximum absolute atomic E-state index is 12.8. The van der Waals surface area contributed by atoms with Crippen LogP contribution < -0.4 is 14.8 Å². The second-order valence-corrected chi connectivity index (χ2v) is 6.40. The van der Waals surface area contributed by atoms with Gasteiger partial charge in [-0.25, -0.2) is 0 Å². The first-order valence-corrected chi connectivity index (χ1v) is 9.08. The molecule has 3 aromatic carbocycles. The minimum Gasteiger partial charge on any atom is -0.486 e. The summed E-state index contributed by atoms with van der Waals surface area (Å²) < 4.78 is 11.1. The van der Waals surface area contributed by atoms with E-state index in [4.69, 9.17) is 9.47 Å². The summed E-state index contributed by atoms with van der Waals surface area (Å²) in [6.45, 7) is 1.37. The van der Waals surface area contributed by atoms with Crippen molar-refractivity contribution in [3.05, 3.63) is 95.1 Å². The molecule has 0 unspecified atom stereocenters. The van der Waals surface area contributed by atoms with Crippen LogP contribution in [-0.2, 0) is 6.54 Å². The number of ketones is 1. The Morgan fingerprint density at radius 3 is 2.25 bits per heavy atom. The molecule has 0 saturated heterocycles. The van der Waals surface area contributed by atoms with Crippen molar-refractivity contribution in [1.29, 1.82) is 0 Å². The second kappa shape index (κ2) is 7.96. The fraction of sp³-hybridized carbons (Fsp3) is 0.130. The molecule has 4 rings (SSSR count). The minimum atomic E-state index is -0.297. The average molecular weight is 373 g/mol. The van der Waals surface area contributed by atoms with Crippen LogP contribution in [-0.4, -0.2) is 24.9 Å². The molecule has 0 fully saturated rings. The van der Waals surface area contributed by atoms with E-state index in [9.17, 15) is 9.59 Å². The van der Waals surface area contributed by atoms with E-state index in [0.717, 1.165) is 5.56 Å². The van der Waals surface area contributed by atoms with Crippen molar-refractivity contribution in [2.24, 2.45) is 0 Å². The summed E-state index contributed by atoms with van der Waals surface area (Å²) in [7, 11) is 0. The van der Waals surface area contributed by atoms with Crippen molar-refractivity contribution in [2.75, 3.05) is 13.2 Å². The van der Waals surface area contributed by atoms with Crippen LogP contribution in [0.4, 0.5) is 0 Å². The number of nitrogens with one attached hydrogen (secondary N) is 1. The maximum Gasteiger partial charge on any atom is 0.252 e. The van der Waals surface area contributed by atoms with Crippen molar-refractivity contribution in [3.8, 4) is 11.5 Å². The maximum atomic E-state index is 12.8. The van der Waals surface area contributed by atoms with Crippen LogP contribution in [0.5, 0.6) is 11.5 Å². The van der Waals surface area contributed by atoms with E-state index in [1.54, 1.807) is 48.5 Å². The Balaban J connectivity index is 1.50. The molecule has 5 heteroatoms. The molecule has 1 N–H and O–H groups in total. The highest BCUT2D eigenvalue weighted by atomic mass is 16.6. The number of hydrogen-bond acceptors (Lipinski definition) is 4. The third kappa shape index (κ3) is 3.74. The molecule has 1 amide bonds. The zero-order valence-electron chi connectivity index (χ0n) is 15.2. The Morgan fingerprint density at radius 2 is 1.46 bits per heavy atom. The molecule has 0 radical (unpaired) electrons. The third-order valence-corrected chi connectivity index (χ3v) is 4.51. The number of rotatable bonds is 5. The number of hydrogen-bond donors (Lipinski definition) is 1. The molecule has 5 nitrogen and oxygen atoms in total. The van der Waals surface area contributed by atoms with Crippen LogP contribution in [0.15, 0.2) is 72.8 Å². The van der Waals surface area contributed by atoms with Gasteiger partial charge in [-0.1, -0.05) is 54.6 Å². The summed E-state index contributed by atoms with van der Waals surface area (Å²) in [5, 5.41) is 2.88. The highest BCUT2D eigenvalue weighted by Crippen LogP contribution is 2.30. The molecular weight excluding hydrogens is 354 g/mol. The largest absolute Gasteiger partial charge is 0.486 e. The molecule has 28 heavy (non-hydrogen) atoms. The first kappa shape index (κ1) is 17.8. The Bertz CT molecular complexity index is 1010. The van der Waals surface area contributed by atoms with Crippen LogP contribution in [0.2, 0.25) is 0 Å². The zero-order chi connectivity index (χ0) is 19.3. The van der Waals surface area contributed by atoms with Gasteiger partial charge in [0.25, 0.3) is 5.91 Å². The van der Waals surface area contributed by atoms with E-state index < -0.39 is 0 Å². The molecule has 0 aromatic heterocycles. The highest BCUT2D eigenvalue weighted by molar-refractivity contribution is 6.15. The molecule has 0 aliphatic carbocycles. The van der Waals surface area contributed by atoms with Crippen molar-refractivity contribution in [1.82, 2.24) is 5.32 Å². The first-order valence-electron chi connectivity index (χ1n) is 9.08. The predicted molar refractivity (Wildman–Crippen MR) is 105 cm³/mol. The second-order valence-electron chi connectivity index (χ2n) is 6.40. The van der Waals surface area contributed by atoms with Crippen molar-refractivity contribution < 1.29 is 19.1 Å². The van der Waals surface area contributed by atoms with Crippen molar-refractivity contribution in [2.45, 2.75) is 6.54 Å². The quantitative estimate of drug-likeness (QED) is 0.694. The van der Waals surface area contributed by atoms with Crippen LogP contribution in [0.1, 0.15) is 31.8 Å². The number of fused-ring (bicyclic) bond motifs is 1. The standard InChI is InChI=1S/C23H19NO4/c25-22(17-6-2-1-3-7-17)18-8-4-5-9-19(18)23(26)24-15-16-10-11-20-21(14-16)28-13-12-27-20/h1-11,14H,12-13,15H2,(H,24,26). The molecule has 1 aliphatic heterocycles. The SMILES string of the molecule is O=C(NCc1ccc2c(c1)OCCO2)c1ccccc1C(=O)c1ccccc1. The van der Waals surface area contributed by atoms with Crippen LogP contribution in [0, 0.1) is 0 Å². The number of amides is 1. The van der Waals surface area contributed by atoms with E-state index in [-0.39, 0.29) is 11.7 Å². The van der Waals surface area contributed by atoms with Gasteiger partial charge in [-0.3, -0.25) is 9.59 Å². The van der Waals surface area contributed by atoms with Gasteiger partial charge in [0.1, 0.15) is 13.2 Å². The molecular formula is C23H19NO4. The van der Waals surface area contributed by atoms with Gasteiger partial charge in [0.05, 0.1) is 5.56 Å². The summed E-state index contributed by atoms with van der Waals surface area (Å²) >= 11 is 0. The van der Waals surface area contributed by atoms with E-state index in [1.807, 2.05) is 24.3 Å². The Hall–Kier alpha value is -3.60. The van der Waals surface area contributed by atoms with E-state index >= 15 is 0 Å². The molecule has 0 spiro atoms. The Morgan fingerprint density at radius 1 is 0.786 bits per heavy atom. The lowest BCUT2D eigenvalue weighted by Gasteiger charge is -2.19. The first-order chi connectivity index (χ1) is 13.7. The number of carbonyl (C=O) groups excluding carboxylic acids is 2. The van der Waals surface area contributed by atoms with Gasteiger partial charge in [-0.2, -0.15) is 0 Å². The Labute approximate surface area is 162 Å². The fourth-order valence-electron chi connectivity index (χ4n) is 3.10. The van der Waals surface area contributed by atoms with Gasteiger partial charge in [0, 0.05) is 17.7 Å². The van der Waals surface area contributed by atoms with Crippen molar-refractivity contribution >= 4 is 11.7 Å². The van der Waals surface area contributed by atoms with E-state index in [0.29, 0.717) is 47.9 Å². The zero-order valence-corrected chi connectivity index (χ0v) is 15.2. The topological polar surface area (TPSA) is 64.6 Å². The third-order valence-electron chi connectivity index (χ3n) is 4.51. The minimum absolute atomic E-state index is 0.175. The fourth-order valence-corrected chi connectivity index (χ4v) is 3.10. The molecule has 1 aliphatic rings. The number of benzene rings is 3. The van der Waals surface area contributed by atoms with Gasteiger partial charge in [-0.05, 0) is 23.8 Å². The van der Waals surface area contributed by atoms with Gasteiger partial charge in [0.15, 0.2) is 17.3 Å². The van der Waals surface area contributed by atoms with Gasteiger partial charge in [0.2, 0.25) is 0 Å².